The lowest BCUT2D eigenvalue weighted by Crippen LogP contribution is -2.42. The molecule has 2 fully saturated rings. The Morgan fingerprint density at radius 2 is 2.19 bits per heavy atom. The summed E-state index contributed by atoms with van der Waals surface area (Å²) in [5, 5.41) is 0. The van der Waals surface area contributed by atoms with Gasteiger partial charge in [-0.1, -0.05) is 0 Å². The summed E-state index contributed by atoms with van der Waals surface area (Å²) >= 11 is 0. The van der Waals surface area contributed by atoms with E-state index in [1.807, 2.05) is 0 Å². The Balaban J connectivity index is 1.78. The molecule has 1 atom stereocenters. The highest BCUT2D eigenvalue weighted by atomic mass is 16.5. The average Bonchev–Trinajstić information content (AvgIpc) is 2.80. The number of rotatable bonds is 2. The highest BCUT2D eigenvalue weighted by Crippen LogP contribution is 2.42. The van der Waals surface area contributed by atoms with Crippen LogP contribution in [0, 0.1) is 5.41 Å². The number of piperidine rings is 1. The van der Waals surface area contributed by atoms with Crippen LogP contribution in [0.5, 0.6) is 0 Å². The third-order valence-corrected chi connectivity index (χ3v) is 4.52. The summed E-state index contributed by atoms with van der Waals surface area (Å²) in [6, 6.07) is 0. The van der Waals surface area contributed by atoms with Gasteiger partial charge in [0.15, 0.2) is 11.5 Å². The minimum absolute atomic E-state index is 0.191. The van der Waals surface area contributed by atoms with Crippen LogP contribution in [0.3, 0.4) is 0 Å². The van der Waals surface area contributed by atoms with Crippen LogP contribution in [0.4, 0.5) is 11.6 Å². The van der Waals surface area contributed by atoms with E-state index in [4.69, 9.17) is 16.2 Å². The van der Waals surface area contributed by atoms with Gasteiger partial charge in [-0.15, -0.1) is 0 Å². The van der Waals surface area contributed by atoms with Gasteiger partial charge in [0.25, 0.3) is 5.91 Å². The van der Waals surface area contributed by atoms with Crippen molar-refractivity contribution in [3.8, 4) is 0 Å². The lowest BCUT2D eigenvalue weighted by Gasteiger charge is -2.39. The van der Waals surface area contributed by atoms with Crippen molar-refractivity contribution in [2.75, 3.05) is 30.3 Å². The van der Waals surface area contributed by atoms with Crippen LogP contribution in [-0.2, 0) is 4.74 Å². The molecule has 1 spiro atoms. The van der Waals surface area contributed by atoms with Crippen molar-refractivity contribution in [2.24, 2.45) is 11.1 Å². The molecule has 3 heterocycles. The standard InChI is InChI=1S/C14H21N5O2/c1-9-6-14(8-21-9)2-4-19(5-3-14)13-11(12(16)20)17-7-10(15)18-13/h7,9H,2-6,8H2,1H3,(H2,15,18)(H2,16,20)/t9-/m0/s1. The van der Waals surface area contributed by atoms with Crippen LogP contribution in [0.1, 0.15) is 36.7 Å². The lowest BCUT2D eigenvalue weighted by atomic mass is 9.77. The summed E-state index contributed by atoms with van der Waals surface area (Å²) in [6.07, 6.45) is 4.84. The van der Waals surface area contributed by atoms with E-state index in [0.717, 1.165) is 39.0 Å². The highest BCUT2D eigenvalue weighted by Gasteiger charge is 2.41. The second kappa shape index (κ2) is 5.14. The van der Waals surface area contributed by atoms with Crippen molar-refractivity contribution >= 4 is 17.5 Å². The van der Waals surface area contributed by atoms with Crippen molar-refractivity contribution in [1.82, 2.24) is 9.97 Å². The van der Waals surface area contributed by atoms with Crippen molar-refractivity contribution in [3.63, 3.8) is 0 Å². The number of nitrogen functional groups attached to an aromatic ring is 1. The molecule has 0 bridgehead atoms. The molecule has 7 nitrogen and oxygen atoms in total. The molecule has 0 unspecified atom stereocenters. The maximum atomic E-state index is 11.5. The predicted molar refractivity (Wildman–Crippen MR) is 78.9 cm³/mol. The Morgan fingerprint density at radius 3 is 2.76 bits per heavy atom. The normalized spacial score (nSPS) is 24.4. The number of hydrogen-bond donors (Lipinski definition) is 2. The zero-order chi connectivity index (χ0) is 15.0. The number of carbonyl (C=O) groups is 1. The largest absolute Gasteiger partial charge is 0.382 e. The number of primary amides is 1. The maximum Gasteiger partial charge on any atom is 0.271 e. The first kappa shape index (κ1) is 14.1. The van der Waals surface area contributed by atoms with Gasteiger partial charge in [-0.2, -0.15) is 0 Å². The molecule has 0 aliphatic carbocycles. The minimum Gasteiger partial charge on any atom is -0.382 e. The summed E-state index contributed by atoms with van der Waals surface area (Å²) in [4.78, 5) is 21.8. The molecule has 21 heavy (non-hydrogen) atoms. The van der Waals surface area contributed by atoms with Crippen LogP contribution < -0.4 is 16.4 Å². The zero-order valence-electron chi connectivity index (χ0n) is 12.2. The molecular weight excluding hydrogens is 270 g/mol. The molecule has 0 radical (unpaired) electrons. The van der Waals surface area contributed by atoms with Gasteiger partial charge >= 0.3 is 0 Å². The van der Waals surface area contributed by atoms with E-state index in [-0.39, 0.29) is 11.1 Å². The number of aromatic nitrogens is 2. The summed E-state index contributed by atoms with van der Waals surface area (Å²) < 4.78 is 5.73. The van der Waals surface area contributed by atoms with Gasteiger partial charge < -0.3 is 21.1 Å². The molecule has 0 saturated carbocycles. The molecule has 1 aromatic heterocycles. The van der Waals surface area contributed by atoms with E-state index >= 15 is 0 Å². The van der Waals surface area contributed by atoms with Crippen LogP contribution in [0.2, 0.25) is 0 Å². The van der Waals surface area contributed by atoms with Gasteiger partial charge in [-0.25, -0.2) is 9.97 Å². The van der Waals surface area contributed by atoms with Gasteiger partial charge in [0.1, 0.15) is 5.82 Å². The van der Waals surface area contributed by atoms with Gasteiger partial charge in [0, 0.05) is 13.1 Å². The van der Waals surface area contributed by atoms with E-state index in [0.29, 0.717) is 17.7 Å². The number of nitrogens with zero attached hydrogens (tertiary/aromatic N) is 3. The molecule has 114 valence electrons. The van der Waals surface area contributed by atoms with Crippen LogP contribution in [-0.4, -0.2) is 41.7 Å². The fourth-order valence-corrected chi connectivity index (χ4v) is 3.37. The number of carbonyl (C=O) groups excluding carboxylic acids is 1. The van der Waals surface area contributed by atoms with E-state index in [2.05, 4.69) is 21.8 Å². The molecular formula is C14H21N5O2. The summed E-state index contributed by atoms with van der Waals surface area (Å²) in [5.74, 6) is 0.230. The van der Waals surface area contributed by atoms with Crippen molar-refractivity contribution in [3.05, 3.63) is 11.9 Å². The Labute approximate surface area is 123 Å². The molecule has 1 aromatic rings. The predicted octanol–water partition coefficient (Wildman–Crippen LogP) is 0.553. The fourth-order valence-electron chi connectivity index (χ4n) is 3.37. The van der Waals surface area contributed by atoms with Crippen LogP contribution in [0.15, 0.2) is 6.20 Å². The summed E-state index contributed by atoms with van der Waals surface area (Å²) in [7, 11) is 0. The maximum absolute atomic E-state index is 11.5. The topological polar surface area (TPSA) is 107 Å². The van der Waals surface area contributed by atoms with E-state index in [1.54, 1.807) is 0 Å². The van der Waals surface area contributed by atoms with Crippen molar-refractivity contribution < 1.29 is 9.53 Å². The molecule has 1 amide bonds. The second-order valence-corrected chi connectivity index (χ2v) is 6.14. The van der Waals surface area contributed by atoms with E-state index in [1.165, 1.54) is 6.20 Å². The Kier molecular flexibility index (Phi) is 3.44. The number of hydrogen-bond acceptors (Lipinski definition) is 6. The molecule has 0 aromatic carbocycles. The Morgan fingerprint density at radius 1 is 1.48 bits per heavy atom. The second-order valence-electron chi connectivity index (χ2n) is 6.14. The molecule has 3 rings (SSSR count). The number of ether oxygens (including phenoxy) is 1. The lowest BCUT2D eigenvalue weighted by molar-refractivity contribution is 0.0970. The molecule has 2 aliphatic heterocycles. The first-order chi connectivity index (χ1) is 9.99. The molecule has 2 aliphatic rings. The SMILES string of the molecule is C[C@H]1CC2(CCN(c3nc(N)cnc3C(N)=O)CC2)CO1. The first-order valence-corrected chi connectivity index (χ1v) is 7.28. The molecule has 4 N–H and O–H groups in total. The Bertz CT molecular complexity index is 554. The average molecular weight is 291 g/mol. The van der Waals surface area contributed by atoms with Crippen molar-refractivity contribution in [1.29, 1.82) is 0 Å². The fraction of sp³-hybridized carbons (Fsp3) is 0.643. The number of nitrogens with two attached hydrogens (primary N) is 2. The van der Waals surface area contributed by atoms with Gasteiger partial charge in [-0.05, 0) is 31.6 Å². The Hall–Kier alpha value is -1.89. The van der Waals surface area contributed by atoms with Gasteiger partial charge in [0.2, 0.25) is 0 Å². The quantitative estimate of drug-likeness (QED) is 0.824. The smallest absolute Gasteiger partial charge is 0.271 e. The summed E-state index contributed by atoms with van der Waals surface area (Å²) in [5.41, 5.74) is 11.5. The number of anilines is 2. The minimum atomic E-state index is -0.574. The zero-order valence-corrected chi connectivity index (χ0v) is 12.2. The molecule has 7 heteroatoms. The first-order valence-electron chi connectivity index (χ1n) is 7.28. The third kappa shape index (κ3) is 2.65. The van der Waals surface area contributed by atoms with Crippen LogP contribution >= 0.6 is 0 Å². The molecule has 2 saturated heterocycles. The monoisotopic (exact) mass is 291 g/mol. The van der Waals surface area contributed by atoms with Gasteiger partial charge in [-0.3, -0.25) is 4.79 Å². The van der Waals surface area contributed by atoms with E-state index < -0.39 is 5.91 Å². The third-order valence-electron chi connectivity index (χ3n) is 4.52. The van der Waals surface area contributed by atoms with Crippen LogP contribution in [0.25, 0.3) is 0 Å². The van der Waals surface area contributed by atoms with Crippen molar-refractivity contribution in [2.45, 2.75) is 32.3 Å². The van der Waals surface area contributed by atoms with E-state index in [9.17, 15) is 4.79 Å². The highest BCUT2D eigenvalue weighted by molar-refractivity contribution is 5.95. The summed E-state index contributed by atoms with van der Waals surface area (Å²) in [6.45, 7) is 4.58. The number of amides is 1. The van der Waals surface area contributed by atoms with Gasteiger partial charge in [0.05, 0.1) is 18.9 Å².